The highest BCUT2D eigenvalue weighted by Gasteiger charge is 2.26. The number of rotatable bonds is 71. The summed E-state index contributed by atoms with van der Waals surface area (Å²) in [4.78, 5) is 35.4. The smallest absolute Gasteiger partial charge is 0.462 e. The summed E-state index contributed by atoms with van der Waals surface area (Å²) in [6, 6.07) is 0. The molecule has 2 unspecified atom stereocenters. The molecular weight excluding hydrogens is 1050 g/mol. The Kier molecular flexibility index (Phi) is 68.3. The Morgan fingerprint density at radius 3 is 0.855 bits per heavy atom. The molecule has 0 radical (unpaired) electrons. The lowest BCUT2D eigenvalue weighted by Gasteiger charge is -2.19. The van der Waals surface area contributed by atoms with Gasteiger partial charge in [0.15, 0.2) is 6.10 Å². The predicted octanol–water partition coefficient (Wildman–Crippen LogP) is 24.1. The number of hydrogen-bond acceptors (Lipinski definition) is 8. The van der Waals surface area contributed by atoms with Gasteiger partial charge in [0.05, 0.1) is 13.2 Å². The quantitative estimate of drug-likeness (QED) is 0.0264. The fourth-order valence-corrected chi connectivity index (χ4v) is 12.1. The zero-order chi connectivity index (χ0) is 60.1. The van der Waals surface area contributed by atoms with Crippen LogP contribution in [-0.2, 0) is 32.7 Å². The lowest BCUT2D eigenvalue weighted by Crippen LogP contribution is -2.29. The maximum atomic E-state index is 12.8. The van der Waals surface area contributed by atoms with E-state index in [9.17, 15) is 19.0 Å². The molecule has 3 N–H and O–H groups in total. The van der Waals surface area contributed by atoms with Crippen molar-refractivity contribution >= 4 is 19.8 Å². The Morgan fingerprint density at radius 2 is 0.590 bits per heavy atom. The maximum absolute atomic E-state index is 12.8. The molecule has 10 heteroatoms. The van der Waals surface area contributed by atoms with Crippen molar-refractivity contribution in [1.82, 2.24) is 0 Å². The third-order valence-corrected chi connectivity index (χ3v) is 17.8. The first-order valence-electron chi connectivity index (χ1n) is 36.8. The monoisotopic (exact) mass is 1190 g/mol. The van der Waals surface area contributed by atoms with Gasteiger partial charge in [0, 0.05) is 19.4 Å². The van der Waals surface area contributed by atoms with Crippen LogP contribution in [0.25, 0.3) is 0 Å². The Morgan fingerprint density at radius 1 is 0.349 bits per heavy atom. The van der Waals surface area contributed by atoms with Crippen molar-refractivity contribution in [2.75, 3.05) is 26.4 Å². The van der Waals surface area contributed by atoms with E-state index in [4.69, 9.17) is 24.3 Å². The highest BCUT2D eigenvalue weighted by molar-refractivity contribution is 7.47. The van der Waals surface area contributed by atoms with Crippen LogP contribution >= 0.6 is 7.82 Å². The van der Waals surface area contributed by atoms with Gasteiger partial charge in [-0.1, -0.05) is 346 Å². The molecule has 0 aromatic carbocycles. The van der Waals surface area contributed by atoms with E-state index in [0.717, 1.165) is 32.1 Å². The van der Waals surface area contributed by atoms with E-state index < -0.39 is 26.5 Å². The minimum atomic E-state index is -4.39. The molecule has 0 aliphatic rings. The van der Waals surface area contributed by atoms with Crippen LogP contribution in [-0.4, -0.2) is 49.3 Å². The summed E-state index contributed by atoms with van der Waals surface area (Å²) in [5, 5.41) is 0. The van der Waals surface area contributed by atoms with Crippen molar-refractivity contribution in [3.8, 4) is 0 Å². The number of phosphoric acid groups is 1. The summed E-state index contributed by atoms with van der Waals surface area (Å²) in [6.07, 6.45) is 85.8. The molecule has 83 heavy (non-hydrogen) atoms. The largest absolute Gasteiger partial charge is 0.472 e. The zero-order valence-electron chi connectivity index (χ0n) is 55.5. The Hall–Kier alpha value is -1.51. The van der Waals surface area contributed by atoms with Gasteiger partial charge < -0.3 is 20.1 Å². The van der Waals surface area contributed by atoms with Crippen LogP contribution in [0.4, 0.5) is 0 Å². The summed E-state index contributed by atoms with van der Waals surface area (Å²) >= 11 is 0. The van der Waals surface area contributed by atoms with Crippen molar-refractivity contribution in [3.63, 3.8) is 0 Å². The molecule has 2 atom stereocenters. The van der Waals surface area contributed by atoms with E-state index in [-0.39, 0.29) is 38.6 Å². The third kappa shape index (κ3) is 69.5. The first-order chi connectivity index (χ1) is 40.8. The minimum Gasteiger partial charge on any atom is -0.462 e. The molecule has 0 aromatic heterocycles. The van der Waals surface area contributed by atoms with E-state index >= 15 is 0 Å². The number of hydrogen-bond donors (Lipinski definition) is 2. The number of phosphoric ester groups is 1. The number of allylic oxidation sites excluding steroid dienone is 4. The molecule has 0 spiro atoms. The predicted molar refractivity (Wildman–Crippen MR) is 358 cm³/mol. The number of carbonyl (C=O) groups excluding carboxylic acids is 2. The normalized spacial score (nSPS) is 13.0. The molecule has 0 rings (SSSR count). The van der Waals surface area contributed by atoms with E-state index in [1.807, 2.05) is 0 Å². The minimum absolute atomic E-state index is 0.0570. The molecule has 0 heterocycles. The fourth-order valence-electron chi connectivity index (χ4n) is 11.3. The summed E-state index contributed by atoms with van der Waals surface area (Å²) in [5.74, 6) is -0.801. The van der Waals surface area contributed by atoms with Crippen LogP contribution in [0.1, 0.15) is 399 Å². The summed E-state index contributed by atoms with van der Waals surface area (Å²) in [6.45, 7) is 3.83. The molecule has 0 saturated heterocycles. The second kappa shape index (κ2) is 69.6. The summed E-state index contributed by atoms with van der Waals surface area (Å²) in [5.41, 5.74) is 5.41. The van der Waals surface area contributed by atoms with Gasteiger partial charge in [-0.25, -0.2) is 4.57 Å². The second-order valence-electron chi connectivity index (χ2n) is 25.2. The number of ether oxygens (including phenoxy) is 2. The first kappa shape index (κ1) is 81.5. The van der Waals surface area contributed by atoms with Gasteiger partial charge >= 0.3 is 19.8 Å². The molecule has 0 saturated carbocycles. The van der Waals surface area contributed by atoms with Gasteiger partial charge in [0.2, 0.25) is 0 Å². The average molecular weight is 1190 g/mol. The van der Waals surface area contributed by atoms with Gasteiger partial charge in [0.25, 0.3) is 0 Å². The molecule has 0 bridgehead atoms. The van der Waals surface area contributed by atoms with Crippen molar-refractivity contribution in [3.05, 3.63) is 24.3 Å². The van der Waals surface area contributed by atoms with Crippen molar-refractivity contribution in [1.29, 1.82) is 0 Å². The summed E-state index contributed by atoms with van der Waals surface area (Å²) < 4.78 is 33.2. The van der Waals surface area contributed by atoms with Crippen LogP contribution in [0.15, 0.2) is 24.3 Å². The number of esters is 2. The number of nitrogens with two attached hydrogens (primary N) is 1. The van der Waals surface area contributed by atoms with E-state index in [2.05, 4.69) is 38.2 Å². The molecule has 0 aliphatic heterocycles. The molecule has 0 fully saturated rings. The molecule has 0 aromatic rings. The molecule has 9 nitrogen and oxygen atoms in total. The standard InChI is InChI=1S/C73H142NO8P/c1-3-5-7-9-11-13-15-17-19-21-23-25-27-29-31-33-35-37-39-41-43-45-47-49-51-53-55-57-59-61-63-65-72(75)79-69-71(70-81-83(77,78)80-68-67-74)82-73(76)66-64-62-60-58-56-54-52-50-48-46-44-42-40-38-36-34-32-30-28-26-24-22-20-18-16-14-12-10-8-6-4-2/h21-24,71H,3-20,25-70,74H2,1-2H3,(H,77,78)/b23-21-,24-22-. The van der Waals surface area contributed by atoms with Gasteiger partial charge in [-0.05, 0) is 64.2 Å². The molecule has 492 valence electrons. The maximum Gasteiger partial charge on any atom is 0.472 e. The van der Waals surface area contributed by atoms with Crippen LogP contribution in [0.3, 0.4) is 0 Å². The van der Waals surface area contributed by atoms with E-state index in [0.29, 0.717) is 6.42 Å². The van der Waals surface area contributed by atoms with Crippen LogP contribution in [0.5, 0.6) is 0 Å². The molecule has 0 aliphatic carbocycles. The molecular formula is C73H142NO8P. The Labute approximate surface area is 516 Å². The van der Waals surface area contributed by atoms with Crippen molar-refractivity contribution in [2.24, 2.45) is 5.73 Å². The second-order valence-corrected chi connectivity index (χ2v) is 26.6. The number of unbranched alkanes of at least 4 members (excludes halogenated alkanes) is 54. The highest BCUT2D eigenvalue weighted by Crippen LogP contribution is 2.43. The van der Waals surface area contributed by atoms with Crippen LogP contribution in [0, 0.1) is 0 Å². The highest BCUT2D eigenvalue weighted by atomic mass is 31.2. The first-order valence-corrected chi connectivity index (χ1v) is 38.3. The van der Waals surface area contributed by atoms with Gasteiger partial charge in [-0.3, -0.25) is 18.6 Å². The van der Waals surface area contributed by atoms with Crippen molar-refractivity contribution < 1.29 is 37.6 Å². The van der Waals surface area contributed by atoms with Crippen LogP contribution in [0.2, 0.25) is 0 Å². The fraction of sp³-hybridized carbons (Fsp3) is 0.918. The average Bonchev–Trinajstić information content (AvgIpc) is 3.48. The third-order valence-electron chi connectivity index (χ3n) is 16.8. The lowest BCUT2D eigenvalue weighted by atomic mass is 10.0. The van der Waals surface area contributed by atoms with Gasteiger partial charge in [-0.15, -0.1) is 0 Å². The van der Waals surface area contributed by atoms with Gasteiger partial charge in [-0.2, -0.15) is 0 Å². The summed E-state index contributed by atoms with van der Waals surface area (Å²) in [7, 11) is -4.39. The molecule has 0 amide bonds. The SMILES string of the molecule is CCCCCCCCCC/C=C\CCCCCCCCCCCCCCCCCCCCCC(=O)OCC(COP(=O)(O)OCCN)OC(=O)CCCCCCCCCCCCCCCCCCCCC/C=C\CCCCCCCCCC. The topological polar surface area (TPSA) is 134 Å². The lowest BCUT2D eigenvalue weighted by molar-refractivity contribution is -0.161. The Balaban J connectivity index is 3.79. The van der Waals surface area contributed by atoms with E-state index in [1.165, 1.54) is 334 Å². The zero-order valence-corrected chi connectivity index (χ0v) is 56.4. The van der Waals surface area contributed by atoms with Crippen molar-refractivity contribution in [2.45, 2.75) is 405 Å². The van der Waals surface area contributed by atoms with Gasteiger partial charge in [0.1, 0.15) is 6.61 Å². The van der Waals surface area contributed by atoms with E-state index in [1.54, 1.807) is 0 Å². The Bertz CT molecular complexity index is 1410. The van der Waals surface area contributed by atoms with Crippen LogP contribution < -0.4 is 5.73 Å². The number of carbonyl (C=O) groups is 2.